The smallest absolute Gasteiger partial charge is 0.203 e. The number of aromatic nitrogens is 2. The topological polar surface area (TPSA) is 91.0 Å². The summed E-state index contributed by atoms with van der Waals surface area (Å²) in [4.78, 5) is 8.56. The maximum Gasteiger partial charge on any atom is 0.203 e. The van der Waals surface area contributed by atoms with Gasteiger partial charge in [0, 0.05) is 10.9 Å². The van der Waals surface area contributed by atoms with Gasteiger partial charge in [-0.25, -0.2) is 9.97 Å². The first-order chi connectivity index (χ1) is 13.8. The van der Waals surface area contributed by atoms with Crippen LogP contribution in [0.1, 0.15) is 5.56 Å². The predicted molar refractivity (Wildman–Crippen MR) is 105 cm³/mol. The Bertz CT molecular complexity index is 1180. The number of benzene rings is 2. The quantitative estimate of drug-likeness (QED) is 0.430. The van der Waals surface area contributed by atoms with Crippen molar-refractivity contribution in [3.05, 3.63) is 48.3 Å². The summed E-state index contributed by atoms with van der Waals surface area (Å²) >= 11 is 0. The van der Waals surface area contributed by atoms with E-state index >= 15 is 0 Å². The van der Waals surface area contributed by atoms with Crippen LogP contribution in [0.5, 0.6) is 17.2 Å². The lowest BCUT2D eigenvalue weighted by Gasteiger charge is -2.20. The third kappa shape index (κ3) is 2.75. The SMILES string of the molecule is COc1cc(/C=N\Nc2ncnc3c2oc2ccccc23)cc2c1OCCO2. The van der Waals surface area contributed by atoms with Gasteiger partial charge in [0.05, 0.1) is 13.3 Å². The summed E-state index contributed by atoms with van der Waals surface area (Å²) in [5.41, 5.74) is 5.77. The summed E-state index contributed by atoms with van der Waals surface area (Å²) in [6.07, 6.45) is 3.13. The van der Waals surface area contributed by atoms with Crippen molar-refractivity contribution in [1.82, 2.24) is 9.97 Å². The number of ether oxygens (including phenoxy) is 3. The molecule has 1 N–H and O–H groups in total. The minimum Gasteiger partial charge on any atom is -0.493 e. The maximum absolute atomic E-state index is 5.88. The highest BCUT2D eigenvalue weighted by Gasteiger charge is 2.18. The number of furan rings is 1. The number of nitrogens with one attached hydrogen (secondary N) is 1. The van der Waals surface area contributed by atoms with Crippen molar-refractivity contribution in [2.75, 3.05) is 25.7 Å². The van der Waals surface area contributed by atoms with Crippen LogP contribution >= 0.6 is 0 Å². The van der Waals surface area contributed by atoms with Gasteiger partial charge in [0.2, 0.25) is 5.75 Å². The van der Waals surface area contributed by atoms with Gasteiger partial charge in [-0.3, -0.25) is 5.43 Å². The Labute approximate surface area is 159 Å². The number of hydrogen-bond acceptors (Lipinski definition) is 8. The Morgan fingerprint density at radius 1 is 1.14 bits per heavy atom. The molecule has 0 amide bonds. The number of hydrogen-bond donors (Lipinski definition) is 1. The van der Waals surface area contributed by atoms with Crippen LogP contribution in [0.3, 0.4) is 0 Å². The highest BCUT2D eigenvalue weighted by molar-refractivity contribution is 6.05. The molecule has 28 heavy (non-hydrogen) atoms. The average Bonchev–Trinajstić information content (AvgIpc) is 3.13. The van der Waals surface area contributed by atoms with E-state index in [1.807, 2.05) is 36.4 Å². The van der Waals surface area contributed by atoms with Crippen molar-refractivity contribution in [3.63, 3.8) is 0 Å². The molecule has 0 aliphatic carbocycles. The largest absolute Gasteiger partial charge is 0.493 e. The number of anilines is 1. The van der Waals surface area contributed by atoms with E-state index in [-0.39, 0.29) is 0 Å². The molecule has 0 atom stereocenters. The molecule has 5 rings (SSSR count). The lowest BCUT2D eigenvalue weighted by Crippen LogP contribution is -2.16. The first-order valence-electron chi connectivity index (χ1n) is 8.72. The van der Waals surface area contributed by atoms with Gasteiger partial charge in [-0.05, 0) is 24.3 Å². The number of nitrogens with zero attached hydrogens (tertiary/aromatic N) is 3. The summed E-state index contributed by atoms with van der Waals surface area (Å²) in [5, 5.41) is 5.21. The monoisotopic (exact) mass is 376 g/mol. The summed E-state index contributed by atoms with van der Waals surface area (Å²) in [6.45, 7) is 1.000. The van der Waals surface area contributed by atoms with Crippen LogP contribution in [0.2, 0.25) is 0 Å². The number of rotatable bonds is 4. The summed E-state index contributed by atoms with van der Waals surface area (Å²) in [5.74, 6) is 2.33. The lowest BCUT2D eigenvalue weighted by atomic mass is 10.2. The molecule has 140 valence electrons. The highest BCUT2D eigenvalue weighted by atomic mass is 16.6. The molecule has 0 fully saturated rings. The zero-order valence-electron chi connectivity index (χ0n) is 15.0. The van der Waals surface area contributed by atoms with Crippen molar-refractivity contribution in [2.45, 2.75) is 0 Å². The Balaban J connectivity index is 1.46. The van der Waals surface area contributed by atoms with E-state index in [1.54, 1.807) is 13.3 Å². The fourth-order valence-electron chi connectivity index (χ4n) is 3.14. The Kier molecular flexibility index (Phi) is 3.93. The minimum absolute atomic E-state index is 0.488. The summed E-state index contributed by atoms with van der Waals surface area (Å²) < 4.78 is 22.5. The summed E-state index contributed by atoms with van der Waals surface area (Å²) in [6, 6.07) is 11.4. The molecule has 2 aromatic carbocycles. The van der Waals surface area contributed by atoms with E-state index in [2.05, 4.69) is 20.5 Å². The van der Waals surface area contributed by atoms with Crippen LogP contribution in [0.15, 0.2) is 52.2 Å². The van der Waals surface area contributed by atoms with Gasteiger partial charge >= 0.3 is 0 Å². The number of fused-ring (bicyclic) bond motifs is 4. The molecule has 1 aliphatic heterocycles. The molecule has 0 radical (unpaired) electrons. The fraction of sp³-hybridized carbons (Fsp3) is 0.150. The molecule has 0 saturated heterocycles. The third-order valence-electron chi connectivity index (χ3n) is 4.39. The van der Waals surface area contributed by atoms with E-state index in [1.165, 1.54) is 6.33 Å². The van der Waals surface area contributed by atoms with Crippen LogP contribution in [0, 0.1) is 0 Å². The molecule has 4 aromatic rings. The van der Waals surface area contributed by atoms with Crippen molar-refractivity contribution in [1.29, 1.82) is 0 Å². The van der Waals surface area contributed by atoms with Gasteiger partial charge in [0.1, 0.15) is 30.6 Å². The van der Waals surface area contributed by atoms with Crippen molar-refractivity contribution in [3.8, 4) is 17.2 Å². The fourth-order valence-corrected chi connectivity index (χ4v) is 3.14. The van der Waals surface area contributed by atoms with E-state index in [0.29, 0.717) is 41.9 Å². The van der Waals surface area contributed by atoms with Crippen molar-refractivity contribution >= 4 is 34.1 Å². The Hall–Kier alpha value is -3.81. The van der Waals surface area contributed by atoms with E-state index in [0.717, 1.165) is 22.0 Å². The number of para-hydroxylation sites is 1. The van der Waals surface area contributed by atoms with Gasteiger partial charge in [-0.1, -0.05) is 12.1 Å². The molecule has 0 saturated carbocycles. The molecule has 1 aliphatic rings. The molecule has 0 spiro atoms. The van der Waals surface area contributed by atoms with Gasteiger partial charge < -0.3 is 18.6 Å². The molecule has 8 heteroatoms. The lowest BCUT2D eigenvalue weighted by molar-refractivity contribution is 0.165. The zero-order chi connectivity index (χ0) is 18.9. The normalized spacial score (nSPS) is 13.3. The van der Waals surface area contributed by atoms with Crippen molar-refractivity contribution in [2.24, 2.45) is 5.10 Å². The van der Waals surface area contributed by atoms with E-state index < -0.39 is 0 Å². The number of methoxy groups -OCH3 is 1. The third-order valence-corrected chi connectivity index (χ3v) is 4.39. The number of hydrazone groups is 1. The van der Waals surface area contributed by atoms with Gasteiger partial charge in [0.15, 0.2) is 22.9 Å². The van der Waals surface area contributed by atoms with Crippen LogP contribution < -0.4 is 19.6 Å². The average molecular weight is 376 g/mol. The predicted octanol–water partition coefficient (Wildman–Crippen LogP) is 3.60. The molecule has 8 nitrogen and oxygen atoms in total. The van der Waals surface area contributed by atoms with Gasteiger partial charge in [-0.15, -0.1) is 0 Å². The molecule has 0 unspecified atom stereocenters. The van der Waals surface area contributed by atoms with Crippen molar-refractivity contribution < 1.29 is 18.6 Å². The Morgan fingerprint density at radius 3 is 2.96 bits per heavy atom. The van der Waals surface area contributed by atoms with Crippen LogP contribution in [-0.4, -0.2) is 36.5 Å². The molecule has 3 heterocycles. The van der Waals surface area contributed by atoms with Crippen LogP contribution in [-0.2, 0) is 0 Å². The van der Waals surface area contributed by atoms with Crippen LogP contribution in [0.4, 0.5) is 5.82 Å². The molecular weight excluding hydrogens is 360 g/mol. The Morgan fingerprint density at radius 2 is 2.04 bits per heavy atom. The second-order valence-electron chi connectivity index (χ2n) is 6.12. The molecule has 2 aromatic heterocycles. The van der Waals surface area contributed by atoms with Crippen LogP contribution in [0.25, 0.3) is 22.1 Å². The standard InChI is InChI=1S/C20H16N4O4/c1-25-15-8-12(9-16-18(15)27-7-6-26-16)10-23-24-20-19-17(21-11-22-20)13-4-2-3-5-14(13)28-19/h2-5,8-11H,6-7H2,1H3,(H,21,22,24)/b23-10-. The highest BCUT2D eigenvalue weighted by Crippen LogP contribution is 2.40. The van der Waals surface area contributed by atoms with E-state index in [9.17, 15) is 0 Å². The van der Waals surface area contributed by atoms with Gasteiger partial charge in [0.25, 0.3) is 0 Å². The summed E-state index contributed by atoms with van der Waals surface area (Å²) in [7, 11) is 1.59. The minimum atomic E-state index is 0.488. The molecular formula is C20H16N4O4. The second-order valence-corrected chi connectivity index (χ2v) is 6.12. The van der Waals surface area contributed by atoms with E-state index in [4.69, 9.17) is 18.6 Å². The second kappa shape index (κ2) is 6.73. The maximum atomic E-state index is 5.88. The zero-order valence-corrected chi connectivity index (χ0v) is 15.0. The van der Waals surface area contributed by atoms with Gasteiger partial charge in [-0.2, -0.15) is 5.10 Å². The first kappa shape index (κ1) is 16.4. The first-order valence-corrected chi connectivity index (χ1v) is 8.72. The molecule has 0 bridgehead atoms.